The van der Waals surface area contributed by atoms with Gasteiger partial charge in [0.15, 0.2) is 5.76 Å². The van der Waals surface area contributed by atoms with E-state index in [0.29, 0.717) is 36.0 Å². The molecule has 7 nitrogen and oxygen atoms in total. The van der Waals surface area contributed by atoms with E-state index in [0.717, 1.165) is 11.5 Å². The first-order valence-electron chi connectivity index (χ1n) is 9.83. The Hall–Kier alpha value is -3.61. The molecule has 3 rings (SSSR count). The highest BCUT2D eigenvalue weighted by atomic mass is 16.5. The molecule has 0 saturated carbocycles. The first-order valence-corrected chi connectivity index (χ1v) is 9.83. The summed E-state index contributed by atoms with van der Waals surface area (Å²) in [6.45, 7) is 6.84. The number of nitrogens with zero attached hydrogens (tertiary/aromatic N) is 2. The molecule has 0 saturated heterocycles. The Bertz CT molecular complexity index is 978. The monoisotopic (exact) mass is 407 g/mol. The Morgan fingerprint density at radius 2 is 1.67 bits per heavy atom. The van der Waals surface area contributed by atoms with E-state index in [1.54, 1.807) is 43.5 Å². The van der Waals surface area contributed by atoms with Crippen LogP contribution in [0.25, 0.3) is 0 Å². The van der Waals surface area contributed by atoms with Crippen LogP contribution >= 0.6 is 0 Å². The summed E-state index contributed by atoms with van der Waals surface area (Å²) in [6, 6.07) is 16.2. The van der Waals surface area contributed by atoms with Crippen molar-refractivity contribution in [3.8, 4) is 11.5 Å². The van der Waals surface area contributed by atoms with Crippen LogP contribution in [0.4, 0.5) is 11.4 Å². The van der Waals surface area contributed by atoms with Crippen LogP contribution in [-0.2, 0) is 4.79 Å². The molecule has 0 spiro atoms. The number of amides is 1. The van der Waals surface area contributed by atoms with Gasteiger partial charge >= 0.3 is 0 Å². The summed E-state index contributed by atoms with van der Waals surface area (Å²) in [4.78, 5) is 17.4. The van der Waals surface area contributed by atoms with Crippen LogP contribution in [0.1, 0.15) is 31.2 Å². The van der Waals surface area contributed by atoms with E-state index in [4.69, 9.17) is 14.0 Å². The van der Waals surface area contributed by atoms with Crippen LogP contribution < -0.4 is 14.8 Å². The number of rotatable bonds is 9. The second-order valence-corrected chi connectivity index (χ2v) is 6.50. The minimum absolute atomic E-state index is 0.273. The van der Waals surface area contributed by atoms with Gasteiger partial charge in [-0.15, -0.1) is 0 Å². The molecule has 0 aliphatic rings. The second-order valence-electron chi connectivity index (χ2n) is 6.50. The van der Waals surface area contributed by atoms with E-state index in [-0.39, 0.29) is 5.91 Å². The summed E-state index contributed by atoms with van der Waals surface area (Å²) in [7, 11) is 0. The number of carbonyl (C=O) groups is 1. The number of hydrogen-bond acceptors (Lipinski definition) is 6. The highest BCUT2D eigenvalue weighted by Crippen LogP contribution is 2.23. The first kappa shape index (κ1) is 21.1. The molecule has 1 amide bonds. The number of aliphatic imine (C=N–C) groups is 1. The Balaban J connectivity index is 1.77. The molecule has 0 radical (unpaired) electrons. The van der Waals surface area contributed by atoms with Crippen LogP contribution in [0, 0.1) is 6.92 Å². The molecule has 0 fully saturated rings. The Morgan fingerprint density at radius 1 is 1.07 bits per heavy atom. The van der Waals surface area contributed by atoms with Crippen molar-refractivity contribution in [3.05, 3.63) is 66.1 Å². The van der Waals surface area contributed by atoms with Gasteiger partial charge in [0, 0.05) is 18.0 Å². The fraction of sp³-hybridized carbons (Fsp3) is 0.261. The molecule has 1 heterocycles. The van der Waals surface area contributed by atoms with Gasteiger partial charge in [0.05, 0.1) is 24.6 Å². The van der Waals surface area contributed by atoms with Gasteiger partial charge < -0.3 is 19.3 Å². The van der Waals surface area contributed by atoms with Crippen molar-refractivity contribution in [3.63, 3.8) is 0 Å². The van der Waals surface area contributed by atoms with Gasteiger partial charge in [0.25, 0.3) is 0 Å². The smallest absolute Gasteiger partial charge is 0.240 e. The highest BCUT2D eigenvalue weighted by Gasteiger charge is 2.23. The lowest BCUT2D eigenvalue weighted by atomic mass is 10.1. The normalized spacial score (nSPS) is 12.0. The average molecular weight is 407 g/mol. The quantitative estimate of drug-likeness (QED) is 0.510. The zero-order chi connectivity index (χ0) is 21.3. The summed E-state index contributed by atoms with van der Waals surface area (Å²) in [6.07, 6.45) is 1.56. The number of nitrogens with one attached hydrogen (secondary N) is 1. The van der Waals surface area contributed by atoms with Crippen molar-refractivity contribution in [1.29, 1.82) is 0 Å². The van der Waals surface area contributed by atoms with Gasteiger partial charge in [0.1, 0.15) is 17.4 Å². The number of aromatic nitrogens is 1. The third-order valence-corrected chi connectivity index (χ3v) is 4.19. The molecule has 3 aromatic rings. The number of carbonyl (C=O) groups excluding carboxylic acids is 1. The van der Waals surface area contributed by atoms with E-state index >= 15 is 0 Å². The Kier molecular flexibility index (Phi) is 7.21. The molecule has 1 N–H and O–H groups in total. The number of benzene rings is 2. The fourth-order valence-corrected chi connectivity index (χ4v) is 2.78. The minimum atomic E-state index is -0.732. The number of aryl methyl sites for hydroxylation is 1. The summed E-state index contributed by atoms with van der Waals surface area (Å²) in [5.41, 5.74) is 2.05. The molecule has 0 aliphatic heterocycles. The molecule has 30 heavy (non-hydrogen) atoms. The summed E-state index contributed by atoms with van der Waals surface area (Å²) < 4.78 is 16.2. The fourth-order valence-electron chi connectivity index (χ4n) is 2.78. The van der Waals surface area contributed by atoms with E-state index in [1.807, 2.05) is 38.1 Å². The van der Waals surface area contributed by atoms with Gasteiger partial charge in [-0.2, -0.15) is 0 Å². The SMILES string of the molecule is CCOc1ccc(N=CC(C(=O)Nc2ccc(OCC)cc2)c2cc(C)no2)cc1. The molecule has 0 bridgehead atoms. The predicted octanol–water partition coefficient (Wildman–Crippen LogP) is 4.91. The van der Waals surface area contributed by atoms with Gasteiger partial charge in [0.2, 0.25) is 5.91 Å². The van der Waals surface area contributed by atoms with Crippen LogP contribution in [0.2, 0.25) is 0 Å². The molecule has 1 unspecified atom stereocenters. The highest BCUT2D eigenvalue weighted by molar-refractivity contribution is 6.06. The van der Waals surface area contributed by atoms with Gasteiger partial charge in [-0.1, -0.05) is 5.16 Å². The number of ether oxygens (including phenoxy) is 2. The van der Waals surface area contributed by atoms with Crippen LogP contribution in [0.3, 0.4) is 0 Å². The lowest BCUT2D eigenvalue weighted by molar-refractivity contribution is -0.116. The lowest BCUT2D eigenvalue weighted by Gasteiger charge is -2.11. The number of anilines is 1. The Labute approximate surface area is 175 Å². The molecule has 1 aromatic heterocycles. The summed E-state index contributed by atoms with van der Waals surface area (Å²) in [5, 5.41) is 6.78. The van der Waals surface area contributed by atoms with Crippen molar-refractivity contribution in [2.24, 2.45) is 4.99 Å². The van der Waals surface area contributed by atoms with Crippen molar-refractivity contribution in [1.82, 2.24) is 5.16 Å². The van der Waals surface area contributed by atoms with Crippen LogP contribution in [-0.4, -0.2) is 30.5 Å². The molecular formula is C23H25N3O4. The lowest BCUT2D eigenvalue weighted by Crippen LogP contribution is -2.22. The van der Waals surface area contributed by atoms with Crippen LogP contribution in [0.15, 0.2) is 64.1 Å². The molecule has 0 aliphatic carbocycles. The van der Waals surface area contributed by atoms with Crippen molar-refractivity contribution in [2.75, 3.05) is 18.5 Å². The standard InChI is InChI=1S/C23H25N3O4/c1-4-28-19-10-6-17(7-11-19)24-15-21(22-14-16(3)26-30-22)23(27)25-18-8-12-20(13-9-18)29-5-2/h6-15,21H,4-5H2,1-3H3,(H,25,27). The second kappa shape index (κ2) is 10.2. The predicted molar refractivity (Wildman–Crippen MR) is 116 cm³/mol. The zero-order valence-corrected chi connectivity index (χ0v) is 17.3. The molecule has 156 valence electrons. The number of hydrogen-bond donors (Lipinski definition) is 1. The maximum Gasteiger partial charge on any atom is 0.240 e. The van der Waals surface area contributed by atoms with Gasteiger partial charge in [-0.05, 0) is 69.3 Å². The van der Waals surface area contributed by atoms with Crippen molar-refractivity contribution < 1.29 is 18.8 Å². The van der Waals surface area contributed by atoms with E-state index in [9.17, 15) is 4.79 Å². The maximum absolute atomic E-state index is 13.0. The van der Waals surface area contributed by atoms with E-state index in [2.05, 4.69) is 15.5 Å². The van der Waals surface area contributed by atoms with Gasteiger partial charge in [-0.25, -0.2) is 0 Å². The maximum atomic E-state index is 13.0. The third-order valence-electron chi connectivity index (χ3n) is 4.19. The molecule has 2 aromatic carbocycles. The molecule has 1 atom stereocenters. The molecular weight excluding hydrogens is 382 g/mol. The summed E-state index contributed by atoms with van der Waals surface area (Å²) >= 11 is 0. The summed E-state index contributed by atoms with van der Waals surface area (Å²) in [5.74, 6) is 0.932. The topological polar surface area (TPSA) is 86.0 Å². The van der Waals surface area contributed by atoms with Crippen LogP contribution in [0.5, 0.6) is 11.5 Å². The largest absolute Gasteiger partial charge is 0.494 e. The average Bonchev–Trinajstić information content (AvgIpc) is 3.17. The minimum Gasteiger partial charge on any atom is -0.494 e. The third kappa shape index (κ3) is 5.70. The zero-order valence-electron chi connectivity index (χ0n) is 17.3. The van der Waals surface area contributed by atoms with Crippen molar-refractivity contribution in [2.45, 2.75) is 26.7 Å². The van der Waals surface area contributed by atoms with E-state index in [1.165, 1.54) is 0 Å². The van der Waals surface area contributed by atoms with E-state index < -0.39 is 5.92 Å². The Morgan fingerprint density at radius 3 is 2.20 bits per heavy atom. The molecule has 7 heteroatoms. The van der Waals surface area contributed by atoms with Gasteiger partial charge in [-0.3, -0.25) is 9.79 Å². The van der Waals surface area contributed by atoms with Crippen molar-refractivity contribution >= 4 is 23.5 Å². The first-order chi connectivity index (χ1) is 14.6.